The van der Waals surface area contributed by atoms with Crippen LogP contribution < -0.4 is 0 Å². The summed E-state index contributed by atoms with van der Waals surface area (Å²) >= 11 is 1.09. The second-order valence-electron chi connectivity index (χ2n) is 4.54. The number of carbonyl (C=O) groups is 3. The van der Waals surface area contributed by atoms with Crippen molar-refractivity contribution in [1.82, 2.24) is 9.80 Å². The lowest BCUT2D eigenvalue weighted by atomic mass is 10.1. The highest BCUT2D eigenvalue weighted by Gasteiger charge is 2.18. The zero-order valence-electron chi connectivity index (χ0n) is 11.1. The quantitative estimate of drug-likeness (QED) is 0.728. The summed E-state index contributed by atoms with van der Waals surface area (Å²) in [7, 11) is 1.68. The molecule has 0 aromatic carbocycles. The molecule has 2 amide bonds. The van der Waals surface area contributed by atoms with Crippen LogP contribution >= 0.6 is 11.8 Å². The third-order valence-electron chi connectivity index (χ3n) is 3.00. The third-order valence-corrected chi connectivity index (χ3v) is 3.91. The second kappa shape index (κ2) is 8.04. The molecule has 1 fully saturated rings. The Hall–Kier alpha value is -1.24. The van der Waals surface area contributed by atoms with E-state index in [-0.39, 0.29) is 23.3 Å². The Kier molecular flexibility index (Phi) is 6.69. The van der Waals surface area contributed by atoms with Gasteiger partial charge in [0.05, 0.1) is 11.5 Å². The summed E-state index contributed by atoms with van der Waals surface area (Å²) in [6.45, 7) is 1.83. The lowest BCUT2D eigenvalue weighted by Crippen LogP contribution is -2.42. The van der Waals surface area contributed by atoms with Crippen molar-refractivity contribution in [2.75, 3.05) is 38.2 Å². The number of thioether (sulfide) groups is 1. The van der Waals surface area contributed by atoms with Gasteiger partial charge >= 0.3 is 5.97 Å². The summed E-state index contributed by atoms with van der Waals surface area (Å²) in [4.78, 5) is 36.9. The fraction of sp³-hybridized carbons (Fsp3) is 0.750. The van der Waals surface area contributed by atoms with Crippen molar-refractivity contribution in [3.8, 4) is 0 Å². The van der Waals surface area contributed by atoms with Crippen molar-refractivity contribution >= 4 is 29.5 Å². The summed E-state index contributed by atoms with van der Waals surface area (Å²) in [5.74, 6) is -0.761. The van der Waals surface area contributed by atoms with E-state index in [9.17, 15) is 14.4 Å². The number of carboxylic acid groups (broad SMARTS) is 1. The van der Waals surface area contributed by atoms with Crippen molar-refractivity contribution < 1.29 is 19.5 Å². The normalized spacial score (nSPS) is 15.4. The molecule has 0 spiro atoms. The van der Waals surface area contributed by atoms with Crippen LogP contribution in [-0.4, -0.2) is 70.9 Å². The number of hydrogen-bond acceptors (Lipinski definition) is 4. The molecule has 0 aliphatic carbocycles. The highest BCUT2D eigenvalue weighted by molar-refractivity contribution is 8.00. The predicted octanol–water partition coefficient (Wildman–Crippen LogP) is 0.275. The predicted molar refractivity (Wildman–Crippen MR) is 73.0 cm³/mol. The van der Waals surface area contributed by atoms with E-state index >= 15 is 0 Å². The monoisotopic (exact) mass is 288 g/mol. The van der Waals surface area contributed by atoms with Gasteiger partial charge in [0, 0.05) is 33.1 Å². The number of aliphatic carboxylic acids is 1. The molecule has 19 heavy (non-hydrogen) atoms. The van der Waals surface area contributed by atoms with Crippen LogP contribution in [0.3, 0.4) is 0 Å². The van der Waals surface area contributed by atoms with Gasteiger partial charge in [-0.2, -0.15) is 0 Å². The first-order valence-electron chi connectivity index (χ1n) is 6.32. The minimum Gasteiger partial charge on any atom is -0.481 e. The maximum Gasteiger partial charge on any atom is 0.313 e. The Morgan fingerprint density at radius 1 is 1.37 bits per heavy atom. The molecule has 6 nitrogen and oxygen atoms in total. The molecule has 0 saturated carbocycles. The number of likely N-dealkylation sites (N-methyl/N-ethyl adjacent to an activating group) is 1. The second-order valence-corrected chi connectivity index (χ2v) is 5.53. The molecule has 0 aromatic rings. The van der Waals surface area contributed by atoms with E-state index in [1.165, 1.54) is 0 Å². The molecule has 0 aromatic heterocycles. The molecule has 0 atom stereocenters. The lowest BCUT2D eigenvalue weighted by Gasteiger charge is -2.28. The molecule has 1 aliphatic heterocycles. The molecule has 1 N–H and O–H groups in total. The molecule has 0 unspecified atom stereocenters. The highest BCUT2D eigenvalue weighted by atomic mass is 32.2. The molecule has 1 rings (SSSR count). The van der Waals surface area contributed by atoms with Crippen molar-refractivity contribution in [1.29, 1.82) is 0 Å². The van der Waals surface area contributed by atoms with Crippen molar-refractivity contribution in [3.05, 3.63) is 0 Å². The molecule has 0 bridgehead atoms. The van der Waals surface area contributed by atoms with Gasteiger partial charge in [0.1, 0.15) is 0 Å². The van der Waals surface area contributed by atoms with Gasteiger partial charge in [-0.15, -0.1) is 11.8 Å². The van der Waals surface area contributed by atoms with Gasteiger partial charge in [0.2, 0.25) is 11.8 Å². The van der Waals surface area contributed by atoms with Crippen LogP contribution in [0.5, 0.6) is 0 Å². The molecule has 1 saturated heterocycles. The van der Waals surface area contributed by atoms with E-state index in [0.29, 0.717) is 19.5 Å². The van der Waals surface area contributed by atoms with Gasteiger partial charge in [0.15, 0.2) is 0 Å². The SMILES string of the molecule is CN(CCN1CCCCC1=O)C(=O)CSCC(=O)O. The smallest absolute Gasteiger partial charge is 0.313 e. The maximum absolute atomic E-state index is 11.7. The largest absolute Gasteiger partial charge is 0.481 e. The number of hydrogen-bond donors (Lipinski definition) is 1. The molecular weight excluding hydrogens is 268 g/mol. The van der Waals surface area contributed by atoms with Crippen LogP contribution in [0, 0.1) is 0 Å². The third kappa shape index (κ3) is 5.96. The average Bonchev–Trinajstić information content (AvgIpc) is 2.36. The Labute approximate surface area is 117 Å². The number of nitrogens with zero attached hydrogens (tertiary/aromatic N) is 2. The summed E-state index contributed by atoms with van der Waals surface area (Å²) in [5.41, 5.74) is 0. The van der Waals surface area contributed by atoms with E-state index in [2.05, 4.69) is 0 Å². The van der Waals surface area contributed by atoms with Crippen molar-refractivity contribution in [2.45, 2.75) is 19.3 Å². The van der Waals surface area contributed by atoms with Crippen LogP contribution in [0.15, 0.2) is 0 Å². The van der Waals surface area contributed by atoms with Gasteiger partial charge < -0.3 is 14.9 Å². The topological polar surface area (TPSA) is 77.9 Å². The fourth-order valence-corrected chi connectivity index (χ4v) is 2.50. The Balaban J connectivity index is 2.22. The van der Waals surface area contributed by atoms with E-state index in [4.69, 9.17) is 5.11 Å². The molecule has 0 radical (unpaired) electrons. The fourth-order valence-electron chi connectivity index (χ4n) is 1.83. The van der Waals surface area contributed by atoms with E-state index < -0.39 is 5.97 Å². The molecule has 1 heterocycles. The van der Waals surface area contributed by atoms with Gasteiger partial charge in [-0.3, -0.25) is 14.4 Å². The molecular formula is C12H20N2O4S. The number of piperidine rings is 1. The zero-order chi connectivity index (χ0) is 14.3. The van der Waals surface area contributed by atoms with E-state index in [1.54, 1.807) is 16.8 Å². The van der Waals surface area contributed by atoms with Crippen LogP contribution in [0.4, 0.5) is 0 Å². The number of amides is 2. The maximum atomic E-state index is 11.7. The first-order chi connectivity index (χ1) is 9.00. The van der Waals surface area contributed by atoms with Crippen molar-refractivity contribution in [3.63, 3.8) is 0 Å². The summed E-state index contributed by atoms with van der Waals surface area (Å²) < 4.78 is 0. The molecule has 7 heteroatoms. The van der Waals surface area contributed by atoms with Gasteiger partial charge in [-0.1, -0.05) is 0 Å². The average molecular weight is 288 g/mol. The standard InChI is InChI=1S/C12H20N2O4S/c1-13(11(16)8-19-9-12(17)18)6-7-14-5-3-2-4-10(14)15/h2-9H2,1H3,(H,17,18). The summed E-state index contributed by atoms with van der Waals surface area (Å²) in [6, 6.07) is 0. The molecule has 1 aliphatic rings. The minimum absolute atomic E-state index is 0.0653. The first kappa shape index (κ1) is 15.8. The van der Waals surface area contributed by atoms with Crippen molar-refractivity contribution in [2.24, 2.45) is 0 Å². The zero-order valence-corrected chi connectivity index (χ0v) is 11.9. The summed E-state index contributed by atoms with van der Waals surface area (Å²) in [5, 5.41) is 8.48. The molecule has 108 valence electrons. The first-order valence-corrected chi connectivity index (χ1v) is 7.47. The number of rotatable bonds is 7. The minimum atomic E-state index is -0.917. The van der Waals surface area contributed by atoms with Crippen LogP contribution in [-0.2, 0) is 14.4 Å². The number of carbonyl (C=O) groups excluding carboxylic acids is 2. The number of carboxylic acids is 1. The van der Waals surface area contributed by atoms with Gasteiger partial charge in [0.25, 0.3) is 0 Å². The Bertz CT molecular complexity index is 349. The van der Waals surface area contributed by atoms with E-state index in [1.807, 2.05) is 0 Å². The lowest BCUT2D eigenvalue weighted by molar-refractivity contribution is -0.135. The van der Waals surface area contributed by atoms with Gasteiger partial charge in [-0.25, -0.2) is 0 Å². The Morgan fingerprint density at radius 2 is 2.11 bits per heavy atom. The van der Waals surface area contributed by atoms with Gasteiger partial charge in [-0.05, 0) is 12.8 Å². The van der Waals surface area contributed by atoms with E-state index in [0.717, 1.165) is 31.1 Å². The Morgan fingerprint density at radius 3 is 2.74 bits per heavy atom. The number of likely N-dealkylation sites (tertiary alicyclic amines) is 1. The summed E-state index contributed by atoms with van der Waals surface area (Å²) in [6.07, 6.45) is 2.58. The van der Waals surface area contributed by atoms with Crippen LogP contribution in [0.25, 0.3) is 0 Å². The van der Waals surface area contributed by atoms with Crippen LogP contribution in [0.1, 0.15) is 19.3 Å². The highest BCUT2D eigenvalue weighted by Crippen LogP contribution is 2.10. The van der Waals surface area contributed by atoms with Crippen LogP contribution in [0.2, 0.25) is 0 Å².